The molecule has 4 heteroatoms. The third kappa shape index (κ3) is 3.85. The molecule has 0 radical (unpaired) electrons. The number of ether oxygens (including phenoxy) is 1. The molecule has 164 valence electrons. The van der Waals surface area contributed by atoms with Crippen LogP contribution in [0.25, 0.3) is 0 Å². The zero-order valence-electron chi connectivity index (χ0n) is 19.0. The van der Waals surface area contributed by atoms with Crippen LogP contribution in [-0.4, -0.2) is 35.0 Å². The van der Waals surface area contributed by atoms with Gasteiger partial charge in [0.2, 0.25) is 5.91 Å². The standard InChI is InChI=1S/C25H41NO3/c1-5-24(3,10-6-8-17(2)26-11-7-9-22(26)27)23(28)29-25(4)20-13-18-12-19(15-20)16-21(25)14-18/h17-21H,5-16H2,1-4H3. The van der Waals surface area contributed by atoms with Crippen LogP contribution < -0.4 is 0 Å². The van der Waals surface area contributed by atoms with Crippen LogP contribution in [0, 0.1) is 29.1 Å². The first-order valence-corrected chi connectivity index (χ1v) is 12.3. The van der Waals surface area contributed by atoms with Crippen LogP contribution in [0.3, 0.4) is 0 Å². The van der Waals surface area contributed by atoms with E-state index in [0.717, 1.165) is 50.5 Å². The summed E-state index contributed by atoms with van der Waals surface area (Å²) in [5.74, 6) is 3.24. The Morgan fingerprint density at radius 2 is 1.83 bits per heavy atom. The quantitative estimate of drug-likeness (QED) is 0.514. The number of hydrogen-bond donors (Lipinski definition) is 0. The van der Waals surface area contributed by atoms with E-state index in [4.69, 9.17) is 4.74 Å². The predicted molar refractivity (Wildman–Crippen MR) is 114 cm³/mol. The number of hydrogen-bond acceptors (Lipinski definition) is 3. The van der Waals surface area contributed by atoms with E-state index in [1.165, 1.54) is 32.1 Å². The monoisotopic (exact) mass is 403 g/mol. The fraction of sp³-hybridized carbons (Fsp3) is 0.920. The average molecular weight is 404 g/mol. The van der Waals surface area contributed by atoms with Crippen molar-refractivity contribution >= 4 is 11.9 Å². The van der Waals surface area contributed by atoms with E-state index in [1.807, 2.05) is 4.90 Å². The molecule has 2 unspecified atom stereocenters. The zero-order valence-corrected chi connectivity index (χ0v) is 19.0. The van der Waals surface area contributed by atoms with Crippen LogP contribution >= 0.6 is 0 Å². The van der Waals surface area contributed by atoms with Crippen molar-refractivity contribution in [1.29, 1.82) is 0 Å². The van der Waals surface area contributed by atoms with Crippen LogP contribution in [0.15, 0.2) is 0 Å². The first-order chi connectivity index (χ1) is 13.7. The van der Waals surface area contributed by atoms with Gasteiger partial charge in [0.15, 0.2) is 0 Å². The Balaban J connectivity index is 1.34. The first-order valence-electron chi connectivity index (χ1n) is 12.3. The van der Waals surface area contributed by atoms with Gasteiger partial charge in [0.25, 0.3) is 0 Å². The van der Waals surface area contributed by atoms with Crippen molar-refractivity contribution in [3.63, 3.8) is 0 Å². The minimum Gasteiger partial charge on any atom is -0.458 e. The van der Waals surface area contributed by atoms with Crippen molar-refractivity contribution in [2.75, 3.05) is 6.54 Å². The van der Waals surface area contributed by atoms with Gasteiger partial charge in [-0.1, -0.05) is 13.3 Å². The topological polar surface area (TPSA) is 46.6 Å². The van der Waals surface area contributed by atoms with E-state index in [2.05, 4.69) is 27.7 Å². The van der Waals surface area contributed by atoms with Crippen LogP contribution in [0.5, 0.6) is 0 Å². The van der Waals surface area contributed by atoms with E-state index in [1.54, 1.807) is 0 Å². The van der Waals surface area contributed by atoms with Crippen molar-refractivity contribution in [2.45, 2.75) is 110 Å². The highest BCUT2D eigenvalue weighted by Crippen LogP contribution is 2.59. The van der Waals surface area contributed by atoms with E-state index >= 15 is 0 Å². The molecule has 1 heterocycles. The molecule has 0 aromatic heterocycles. The normalized spacial score (nSPS) is 38.9. The van der Waals surface area contributed by atoms with Gasteiger partial charge in [0, 0.05) is 19.0 Å². The molecule has 5 aliphatic rings. The zero-order chi connectivity index (χ0) is 20.8. The van der Waals surface area contributed by atoms with Crippen LogP contribution in [-0.2, 0) is 14.3 Å². The summed E-state index contributed by atoms with van der Waals surface area (Å²) in [5.41, 5.74) is -0.650. The summed E-state index contributed by atoms with van der Waals surface area (Å²) in [7, 11) is 0. The molecule has 4 aliphatic carbocycles. The SMILES string of the molecule is CCC(C)(CCCC(C)N1CCCC1=O)C(=O)OC1(C)C2CC3CC(C2)CC1C3. The lowest BCUT2D eigenvalue weighted by Crippen LogP contribution is -2.58. The fourth-order valence-corrected chi connectivity index (χ4v) is 7.11. The predicted octanol–water partition coefficient (Wildman–Crippen LogP) is 5.34. The van der Waals surface area contributed by atoms with Gasteiger partial charge in [-0.2, -0.15) is 0 Å². The Kier molecular flexibility index (Phi) is 5.76. The number of carbonyl (C=O) groups excluding carboxylic acids is 2. The van der Waals surface area contributed by atoms with Gasteiger partial charge < -0.3 is 9.64 Å². The summed E-state index contributed by atoms with van der Waals surface area (Å²) >= 11 is 0. The first kappa shape index (κ1) is 21.2. The van der Waals surface area contributed by atoms with E-state index in [0.29, 0.717) is 24.2 Å². The van der Waals surface area contributed by atoms with Gasteiger partial charge in [-0.25, -0.2) is 0 Å². The lowest BCUT2D eigenvalue weighted by molar-refractivity contribution is -0.212. The molecular weight excluding hydrogens is 362 g/mol. The highest BCUT2D eigenvalue weighted by Gasteiger charge is 2.57. The van der Waals surface area contributed by atoms with Crippen molar-refractivity contribution < 1.29 is 14.3 Å². The second-order valence-corrected chi connectivity index (χ2v) is 11.2. The Hall–Kier alpha value is -1.06. The summed E-state index contributed by atoms with van der Waals surface area (Å²) in [6, 6.07) is 0.282. The second-order valence-electron chi connectivity index (χ2n) is 11.2. The molecule has 2 atom stereocenters. The van der Waals surface area contributed by atoms with Gasteiger partial charge in [0.1, 0.15) is 5.60 Å². The molecule has 4 bridgehead atoms. The van der Waals surface area contributed by atoms with E-state index < -0.39 is 5.41 Å². The molecule has 5 rings (SSSR count). The summed E-state index contributed by atoms with van der Waals surface area (Å²) in [5, 5.41) is 0. The second kappa shape index (κ2) is 7.89. The molecule has 4 saturated carbocycles. The molecule has 5 fully saturated rings. The maximum absolute atomic E-state index is 13.4. The fourth-order valence-electron chi connectivity index (χ4n) is 7.11. The molecule has 4 nitrogen and oxygen atoms in total. The van der Waals surface area contributed by atoms with Crippen LogP contribution in [0.2, 0.25) is 0 Å². The van der Waals surface area contributed by atoms with Crippen LogP contribution in [0.4, 0.5) is 0 Å². The number of esters is 1. The van der Waals surface area contributed by atoms with Crippen molar-refractivity contribution in [2.24, 2.45) is 29.1 Å². The molecule has 0 N–H and O–H groups in total. The van der Waals surface area contributed by atoms with Gasteiger partial charge in [0.05, 0.1) is 5.41 Å². The molecule has 1 amide bonds. The van der Waals surface area contributed by atoms with Gasteiger partial charge >= 0.3 is 5.97 Å². The van der Waals surface area contributed by atoms with Gasteiger partial charge in [-0.3, -0.25) is 9.59 Å². The summed E-state index contributed by atoms with van der Waals surface area (Å²) in [6.45, 7) is 9.51. The van der Waals surface area contributed by atoms with Gasteiger partial charge in [-0.15, -0.1) is 0 Å². The van der Waals surface area contributed by atoms with E-state index in [9.17, 15) is 9.59 Å². The number of amides is 1. The minimum atomic E-state index is -0.410. The number of nitrogens with zero attached hydrogens (tertiary/aromatic N) is 1. The maximum Gasteiger partial charge on any atom is 0.312 e. The number of likely N-dealkylation sites (tertiary alicyclic amines) is 1. The van der Waals surface area contributed by atoms with Crippen molar-refractivity contribution in [3.8, 4) is 0 Å². The van der Waals surface area contributed by atoms with E-state index in [-0.39, 0.29) is 17.6 Å². The highest BCUT2D eigenvalue weighted by atomic mass is 16.6. The maximum atomic E-state index is 13.4. The summed E-state index contributed by atoms with van der Waals surface area (Å²) in [6.07, 6.45) is 11.8. The molecule has 29 heavy (non-hydrogen) atoms. The summed E-state index contributed by atoms with van der Waals surface area (Å²) in [4.78, 5) is 27.4. The van der Waals surface area contributed by atoms with Gasteiger partial charge in [-0.05, 0) is 102 Å². The third-order valence-corrected chi connectivity index (χ3v) is 9.34. The number of rotatable bonds is 8. The Morgan fingerprint density at radius 1 is 1.21 bits per heavy atom. The molecule has 0 aromatic carbocycles. The van der Waals surface area contributed by atoms with Crippen molar-refractivity contribution in [3.05, 3.63) is 0 Å². The smallest absolute Gasteiger partial charge is 0.312 e. The summed E-state index contributed by atoms with van der Waals surface area (Å²) < 4.78 is 6.44. The van der Waals surface area contributed by atoms with Crippen molar-refractivity contribution in [1.82, 2.24) is 4.90 Å². The highest BCUT2D eigenvalue weighted by molar-refractivity contribution is 5.78. The Labute approximate surface area is 177 Å². The Morgan fingerprint density at radius 3 is 2.34 bits per heavy atom. The molecular formula is C25H41NO3. The lowest BCUT2D eigenvalue weighted by atomic mass is 9.50. The third-order valence-electron chi connectivity index (χ3n) is 9.34. The number of carbonyl (C=O) groups is 2. The molecule has 1 aliphatic heterocycles. The molecule has 0 spiro atoms. The molecule has 1 saturated heterocycles. The lowest BCUT2D eigenvalue weighted by Gasteiger charge is -2.59. The molecule has 0 aromatic rings. The van der Waals surface area contributed by atoms with Crippen LogP contribution in [0.1, 0.15) is 98.3 Å². The largest absolute Gasteiger partial charge is 0.458 e. The average Bonchev–Trinajstić information content (AvgIpc) is 3.11. The minimum absolute atomic E-state index is 0.0277. The Bertz CT molecular complexity index is 616.